The summed E-state index contributed by atoms with van der Waals surface area (Å²) in [6.45, 7) is 3.16. The zero-order chi connectivity index (χ0) is 16.6. The van der Waals surface area contributed by atoms with Crippen LogP contribution in [0.25, 0.3) is 0 Å². The third-order valence-corrected chi connectivity index (χ3v) is 3.04. The first-order chi connectivity index (χ1) is 9.72. The second-order valence-electron chi connectivity index (χ2n) is 5.06. The Balaban J connectivity index is 4.84. The van der Waals surface area contributed by atoms with Crippen molar-refractivity contribution in [3.63, 3.8) is 0 Å². The Kier molecular flexibility index (Phi) is 8.98. The quantitative estimate of drug-likeness (QED) is 0.281. The second-order valence-corrected chi connectivity index (χ2v) is 5.43. The van der Waals surface area contributed by atoms with E-state index in [0.717, 1.165) is 0 Å². The van der Waals surface area contributed by atoms with E-state index in [4.69, 9.17) is 15.9 Å². The molecule has 0 bridgehead atoms. The molecule has 0 aromatic rings. The number of carbonyl (C=O) groups is 3. The Morgan fingerprint density at radius 2 is 1.67 bits per heavy atom. The van der Waals surface area contributed by atoms with Crippen molar-refractivity contribution >= 4 is 30.4 Å². The van der Waals surface area contributed by atoms with Gasteiger partial charge in [-0.15, -0.1) is 0 Å². The average molecular weight is 321 g/mol. The zero-order valence-electron chi connectivity index (χ0n) is 12.1. The van der Waals surface area contributed by atoms with Crippen LogP contribution in [0.5, 0.6) is 0 Å². The van der Waals surface area contributed by atoms with Crippen LogP contribution in [0.3, 0.4) is 0 Å². The molecule has 21 heavy (non-hydrogen) atoms. The highest BCUT2D eigenvalue weighted by atomic mass is 32.1. The molecule has 0 heterocycles. The first kappa shape index (κ1) is 19.7. The van der Waals surface area contributed by atoms with Crippen molar-refractivity contribution in [3.05, 3.63) is 0 Å². The van der Waals surface area contributed by atoms with Crippen molar-refractivity contribution in [3.8, 4) is 0 Å². The van der Waals surface area contributed by atoms with E-state index in [2.05, 4.69) is 23.3 Å². The van der Waals surface area contributed by atoms with E-state index in [0.29, 0.717) is 6.42 Å². The van der Waals surface area contributed by atoms with Gasteiger partial charge < -0.3 is 26.6 Å². The molecule has 8 nitrogen and oxygen atoms in total. The van der Waals surface area contributed by atoms with E-state index in [1.54, 1.807) is 0 Å². The molecule has 0 rings (SSSR count). The fourth-order valence-corrected chi connectivity index (χ4v) is 1.77. The van der Waals surface area contributed by atoms with Crippen LogP contribution in [-0.2, 0) is 14.4 Å². The summed E-state index contributed by atoms with van der Waals surface area (Å²) in [5, 5.41) is 22.4. The van der Waals surface area contributed by atoms with Gasteiger partial charge >= 0.3 is 5.97 Å². The lowest BCUT2D eigenvalue weighted by molar-refractivity contribution is -0.141. The van der Waals surface area contributed by atoms with Crippen molar-refractivity contribution in [1.82, 2.24) is 10.6 Å². The number of hydrogen-bond acceptors (Lipinski definition) is 6. The summed E-state index contributed by atoms with van der Waals surface area (Å²) in [5.74, 6) is -2.48. The minimum absolute atomic E-state index is 0.0699. The minimum atomic E-state index is -1.21. The van der Waals surface area contributed by atoms with Crippen LogP contribution in [-0.4, -0.2) is 58.5 Å². The van der Waals surface area contributed by atoms with Crippen LogP contribution < -0.4 is 16.4 Å². The first-order valence-corrected chi connectivity index (χ1v) is 7.17. The SMILES string of the molecule is CC(C)C[C@H](NC(=O)[C@@H](N)CO)C(=O)N[C@@H](CS)C(=O)O. The molecule has 122 valence electrons. The van der Waals surface area contributed by atoms with Gasteiger partial charge in [0, 0.05) is 5.75 Å². The highest BCUT2D eigenvalue weighted by molar-refractivity contribution is 7.80. The van der Waals surface area contributed by atoms with Gasteiger partial charge in [0.05, 0.1) is 6.61 Å². The number of carbonyl (C=O) groups excluding carboxylic acids is 2. The number of aliphatic hydroxyl groups excluding tert-OH is 1. The molecular formula is C12H23N3O5S. The maximum Gasteiger partial charge on any atom is 0.327 e. The van der Waals surface area contributed by atoms with Gasteiger partial charge in [-0.3, -0.25) is 9.59 Å². The zero-order valence-corrected chi connectivity index (χ0v) is 13.0. The molecule has 0 saturated carbocycles. The van der Waals surface area contributed by atoms with Gasteiger partial charge in [0.2, 0.25) is 11.8 Å². The van der Waals surface area contributed by atoms with Crippen LogP contribution >= 0.6 is 12.6 Å². The van der Waals surface area contributed by atoms with Crippen molar-refractivity contribution in [2.75, 3.05) is 12.4 Å². The van der Waals surface area contributed by atoms with Crippen LogP contribution in [0.2, 0.25) is 0 Å². The number of rotatable bonds is 9. The van der Waals surface area contributed by atoms with Crippen LogP contribution in [0.1, 0.15) is 20.3 Å². The molecule has 2 amide bonds. The van der Waals surface area contributed by atoms with Crippen molar-refractivity contribution in [2.45, 2.75) is 38.4 Å². The van der Waals surface area contributed by atoms with E-state index in [1.165, 1.54) is 0 Å². The number of amides is 2. The molecule has 0 saturated heterocycles. The topological polar surface area (TPSA) is 142 Å². The number of carboxylic acids is 1. The molecular weight excluding hydrogens is 298 g/mol. The fourth-order valence-electron chi connectivity index (χ4n) is 1.52. The van der Waals surface area contributed by atoms with Gasteiger partial charge in [-0.2, -0.15) is 12.6 Å². The maximum atomic E-state index is 12.1. The fraction of sp³-hybridized carbons (Fsp3) is 0.750. The van der Waals surface area contributed by atoms with E-state index in [-0.39, 0.29) is 11.7 Å². The highest BCUT2D eigenvalue weighted by Gasteiger charge is 2.27. The van der Waals surface area contributed by atoms with E-state index >= 15 is 0 Å². The molecule has 0 aliphatic rings. The summed E-state index contributed by atoms with van der Waals surface area (Å²) in [5.41, 5.74) is 5.37. The summed E-state index contributed by atoms with van der Waals surface area (Å²) < 4.78 is 0. The predicted molar refractivity (Wildman–Crippen MR) is 79.9 cm³/mol. The van der Waals surface area contributed by atoms with Crippen LogP contribution in [0, 0.1) is 5.92 Å². The third kappa shape index (κ3) is 7.30. The number of thiol groups is 1. The monoisotopic (exact) mass is 321 g/mol. The molecule has 3 atom stereocenters. The summed E-state index contributed by atoms with van der Waals surface area (Å²) >= 11 is 3.85. The van der Waals surface area contributed by atoms with Crippen molar-refractivity contribution in [2.24, 2.45) is 11.7 Å². The number of aliphatic hydroxyl groups is 1. The van der Waals surface area contributed by atoms with Gasteiger partial charge in [0.25, 0.3) is 0 Å². The molecule has 0 radical (unpaired) electrons. The molecule has 0 aliphatic heterocycles. The largest absolute Gasteiger partial charge is 0.480 e. The van der Waals surface area contributed by atoms with Gasteiger partial charge in [0.15, 0.2) is 0 Å². The lowest BCUT2D eigenvalue weighted by Gasteiger charge is -2.23. The Morgan fingerprint density at radius 1 is 1.14 bits per heavy atom. The number of aliphatic carboxylic acids is 1. The summed E-state index contributed by atoms with van der Waals surface area (Å²) in [7, 11) is 0. The van der Waals surface area contributed by atoms with E-state index in [1.807, 2.05) is 13.8 Å². The Bertz CT molecular complexity index is 378. The van der Waals surface area contributed by atoms with Gasteiger partial charge in [-0.25, -0.2) is 4.79 Å². The molecule has 0 unspecified atom stereocenters. The summed E-state index contributed by atoms with van der Waals surface area (Å²) in [4.78, 5) is 34.6. The molecule has 0 aliphatic carbocycles. The molecule has 0 spiro atoms. The summed E-state index contributed by atoms with van der Waals surface area (Å²) in [6, 6.07) is -3.19. The number of nitrogens with one attached hydrogen (secondary N) is 2. The van der Waals surface area contributed by atoms with Crippen LogP contribution in [0.4, 0.5) is 0 Å². The summed E-state index contributed by atoms with van der Waals surface area (Å²) in [6.07, 6.45) is 0.314. The molecule has 6 N–H and O–H groups in total. The average Bonchev–Trinajstić information content (AvgIpc) is 2.41. The minimum Gasteiger partial charge on any atom is -0.480 e. The molecule has 0 fully saturated rings. The van der Waals surface area contributed by atoms with Gasteiger partial charge in [-0.1, -0.05) is 13.8 Å². The van der Waals surface area contributed by atoms with Crippen molar-refractivity contribution < 1.29 is 24.6 Å². The Hall–Kier alpha value is -1.32. The highest BCUT2D eigenvalue weighted by Crippen LogP contribution is 2.06. The second kappa shape index (κ2) is 9.59. The van der Waals surface area contributed by atoms with E-state index < -0.39 is 42.5 Å². The number of nitrogens with two attached hydrogens (primary N) is 1. The normalized spacial score (nSPS) is 15.1. The van der Waals surface area contributed by atoms with Gasteiger partial charge in [-0.05, 0) is 12.3 Å². The van der Waals surface area contributed by atoms with Gasteiger partial charge in [0.1, 0.15) is 18.1 Å². The third-order valence-electron chi connectivity index (χ3n) is 2.67. The lowest BCUT2D eigenvalue weighted by Crippen LogP contribution is -2.55. The predicted octanol–water partition coefficient (Wildman–Crippen LogP) is -1.66. The van der Waals surface area contributed by atoms with Crippen molar-refractivity contribution in [1.29, 1.82) is 0 Å². The molecule has 0 aromatic heterocycles. The molecule has 0 aromatic carbocycles. The Morgan fingerprint density at radius 3 is 2.05 bits per heavy atom. The molecule has 9 heteroatoms. The lowest BCUT2D eigenvalue weighted by atomic mass is 10.0. The maximum absolute atomic E-state index is 12.1. The standard InChI is InChI=1S/C12H23N3O5S/c1-6(2)3-8(14-10(17)7(13)4-16)11(18)15-9(5-21)12(19)20/h6-9,16,21H,3-5,13H2,1-2H3,(H,14,17)(H,15,18)(H,19,20)/t7-,8-,9-/m0/s1. The Labute approximate surface area is 128 Å². The van der Waals surface area contributed by atoms with E-state index in [9.17, 15) is 14.4 Å². The number of carboxylic acid groups (broad SMARTS) is 1. The van der Waals surface area contributed by atoms with Crippen LogP contribution in [0.15, 0.2) is 0 Å². The first-order valence-electron chi connectivity index (χ1n) is 6.53. The smallest absolute Gasteiger partial charge is 0.327 e. The number of hydrogen-bond donors (Lipinski definition) is 6.